The fourth-order valence-electron chi connectivity index (χ4n) is 3.90. The summed E-state index contributed by atoms with van der Waals surface area (Å²) in [4.78, 5) is 37.5. The Kier molecular flexibility index (Phi) is 2.60. The molecule has 1 aromatic rings. The summed E-state index contributed by atoms with van der Waals surface area (Å²) >= 11 is 5.40. The van der Waals surface area contributed by atoms with Gasteiger partial charge in [-0.15, -0.1) is 0 Å². The van der Waals surface area contributed by atoms with Crippen LogP contribution in [-0.2, 0) is 9.59 Å². The summed E-state index contributed by atoms with van der Waals surface area (Å²) in [7, 11) is 0. The Morgan fingerprint density at radius 1 is 1.00 bits per heavy atom. The Balaban J connectivity index is 1.69. The van der Waals surface area contributed by atoms with E-state index in [1.54, 1.807) is 12.1 Å². The number of anilines is 1. The van der Waals surface area contributed by atoms with Crippen LogP contribution in [0.25, 0.3) is 0 Å². The Hall–Kier alpha value is -1.94. The van der Waals surface area contributed by atoms with Crippen molar-refractivity contribution in [3.8, 4) is 0 Å². The van der Waals surface area contributed by atoms with Crippen LogP contribution in [0.15, 0.2) is 36.4 Å². The van der Waals surface area contributed by atoms with Crippen molar-refractivity contribution < 1.29 is 14.4 Å². The van der Waals surface area contributed by atoms with Crippen molar-refractivity contribution in [1.82, 2.24) is 0 Å². The van der Waals surface area contributed by atoms with Gasteiger partial charge in [-0.2, -0.15) is 0 Å². The van der Waals surface area contributed by atoms with Crippen molar-refractivity contribution in [1.29, 1.82) is 0 Å². The maximum absolute atomic E-state index is 12.6. The smallest absolute Gasteiger partial charge is 0.252 e. The molecule has 1 aromatic carbocycles. The summed E-state index contributed by atoms with van der Waals surface area (Å²) in [6.45, 7) is 0. The van der Waals surface area contributed by atoms with E-state index in [1.165, 1.54) is 17.0 Å². The van der Waals surface area contributed by atoms with E-state index in [1.807, 2.05) is 0 Å². The standard InChI is InChI=1S/C16H12ClNO3/c17-14(19)8-3-5-11(6-4-8)18-15(20)12-9-1-2-10(7-9)13(12)16(18)21/h1-6,9-10,12-13H,7H2. The molecule has 4 unspecified atom stereocenters. The highest BCUT2D eigenvalue weighted by molar-refractivity contribution is 6.67. The van der Waals surface area contributed by atoms with Crippen LogP contribution in [0.2, 0.25) is 0 Å². The number of allylic oxidation sites excluding steroid dienone is 2. The third kappa shape index (κ3) is 1.65. The Bertz CT molecular complexity index is 664. The molecule has 2 fully saturated rings. The molecular formula is C16H12ClNO3. The summed E-state index contributed by atoms with van der Waals surface area (Å²) in [5.74, 6) is -0.252. The molecule has 0 spiro atoms. The summed E-state index contributed by atoms with van der Waals surface area (Å²) < 4.78 is 0. The van der Waals surface area contributed by atoms with Crippen LogP contribution in [0, 0.1) is 23.7 Å². The van der Waals surface area contributed by atoms with Crippen LogP contribution in [0.5, 0.6) is 0 Å². The maximum Gasteiger partial charge on any atom is 0.252 e. The van der Waals surface area contributed by atoms with Gasteiger partial charge in [-0.3, -0.25) is 19.3 Å². The average Bonchev–Trinajstić information content (AvgIpc) is 3.13. The molecule has 106 valence electrons. The van der Waals surface area contributed by atoms with Crippen LogP contribution in [0.3, 0.4) is 0 Å². The Morgan fingerprint density at radius 2 is 1.52 bits per heavy atom. The van der Waals surface area contributed by atoms with Gasteiger partial charge >= 0.3 is 0 Å². The van der Waals surface area contributed by atoms with Crippen molar-refractivity contribution in [3.05, 3.63) is 42.0 Å². The zero-order chi connectivity index (χ0) is 14.7. The predicted octanol–water partition coefficient (Wildman–Crippen LogP) is 2.38. The third-order valence-electron chi connectivity index (χ3n) is 4.82. The molecule has 4 nitrogen and oxygen atoms in total. The van der Waals surface area contributed by atoms with Crippen molar-refractivity contribution >= 4 is 34.3 Å². The minimum absolute atomic E-state index is 0.119. The fourth-order valence-corrected chi connectivity index (χ4v) is 4.02. The first-order chi connectivity index (χ1) is 10.1. The molecule has 0 N–H and O–H groups in total. The normalized spacial score (nSPS) is 32.9. The monoisotopic (exact) mass is 301 g/mol. The first-order valence-electron chi connectivity index (χ1n) is 6.94. The first kappa shape index (κ1) is 12.8. The fraction of sp³-hybridized carbons (Fsp3) is 0.312. The molecule has 4 rings (SSSR count). The number of carbonyl (C=O) groups is 3. The van der Waals surface area contributed by atoms with E-state index in [4.69, 9.17) is 11.6 Å². The third-order valence-corrected chi connectivity index (χ3v) is 5.04. The van der Waals surface area contributed by atoms with Gasteiger partial charge in [0, 0.05) is 5.56 Å². The molecule has 5 heteroatoms. The second-order valence-corrected chi connectivity index (χ2v) is 6.18. The highest BCUT2D eigenvalue weighted by atomic mass is 35.5. The van der Waals surface area contributed by atoms with Crippen molar-refractivity contribution in [2.45, 2.75) is 6.42 Å². The molecule has 21 heavy (non-hydrogen) atoms. The van der Waals surface area contributed by atoms with E-state index >= 15 is 0 Å². The van der Waals surface area contributed by atoms with Gasteiger partial charge in [-0.05, 0) is 54.1 Å². The lowest BCUT2D eigenvalue weighted by Crippen LogP contribution is -2.32. The summed E-state index contributed by atoms with van der Waals surface area (Å²) in [6, 6.07) is 6.27. The highest BCUT2D eigenvalue weighted by Gasteiger charge is 2.59. The van der Waals surface area contributed by atoms with Gasteiger partial charge in [-0.25, -0.2) is 0 Å². The van der Waals surface area contributed by atoms with Gasteiger partial charge in [0.15, 0.2) is 0 Å². The SMILES string of the molecule is O=C(Cl)c1ccc(N2C(=O)C3C4C=CC(C4)C3C2=O)cc1. The number of amides is 2. The first-order valence-corrected chi connectivity index (χ1v) is 7.32. The number of benzene rings is 1. The molecule has 3 aliphatic rings. The molecular weight excluding hydrogens is 290 g/mol. The number of hydrogen-bond acceptors (Lipinski definition) is 3. The van der Waals surface area contributed by atoms with E-state index in [9.17, 15) is 14.4 Å². The second-order valence-electron chi connectivity index (χ2n) is 5.83. The Morgan fingerprint density at radius 3 is 2.00 bits per heavy atom. The lowest BCUT2D eigenvalue weighted by molar-refractivity contribution is -0.123. The molecule has 0 aromatic heterocycles. The summed E-state index contributed by atoms with van der Waals surface area (Å²) in [6.07, 6.45) is 5.05. The van der Waals surface area contributed by atoms with Crippen molar-refractivity contribution in [2.24, 2.45) is 23.7 Å². The number of imide groups is 1. The number of hydrogen-bond donors (Lipinski definition) is 0. The van der Waals surface area contributed by atoms with Crippen LogP contribution in [0.4, 0.5) is 5.69 Å². The van der Waals surface area contributed by atoms with E-state index in [2.05, 4.69) is 12.2 Å². The van der Waals surface area contributed by atoms with E-state index in [-0.39, 0.29) is 35.5 Å². The number of carbonyl (C=O) groups excluding carboxylic acids is 3. The van der Waals surface area contributed by atoms with Gasteiger partial charge in [-0.1, -0.05) is 12.2 Å². The van der Waals surface area contributed by atoms with Crippen LogP contribution in [-0.4, -0.2) is 17.1 Å². The molecule has 4 atom stereocenters. The highest BCUT2D eigenvalue weighted by Crippen LogP contribution is 2.53. The summed E-state index contributed by atoms with van der Waals surface area (Å²) in [5, 5.41) is -0.556. The molecule has 2 amide bonds. The van der Waals surface area contributed by atoms with Crippen LogP contribution in [0.1, 0.15) is 16.8 Å². The van der Waals surface area contributed by atoms with Crippen LogP contribution < -0.4 is 4.90 Å². The predicted molar refractivity (Wildman–Crippen MR) is 76.8 cm³/mol. The van der Waals surface area contributed by atoms with Crippen LogP contribution >= 0.6 is 11.6 Å². The van der Waals surface area contributed by atoms with Gasteiger partial charge in [0.1, 0.15) is 0 Å². The Labute approximate surface area is 126 Å². The van der Waals surface area contributed by atoms with Crippen molar-refractivity contribution in [2.75, 3.05) is 4.90 Å². The zero-order valence-corrected chi connectivity index (χ0v) is 11.8. The maximum atomic E-state index is 12.6. The topological polar surface area (TPSA) is 54.5 Å². The molecule has 1 saturated heterocycles. The van der Waals surface area contributed by atoms with Crippen molar-refractivity contribution in [3.63, 3.8) is 0 Å². The molecule has 1 aliphatic heterocycles. The largest absolute Gasteiger partial charge is 0.276 e. The van der Waals surface area contributed by atoms with E-state index < -0.39 is 5.24 Å². The number of nitrogens with zero attached hydrogens (tertiary/aromatic N) is 1. The molecule has 2 bridgehead atoms. The second kappa shape index (κ2) is 4.28. The lowest BCUT2D eigenvalue weighted by atomic mass is 9.85. The zero-order valence-electron chi connectivity index (χ0n) is 11.0. The van der Waals surface area contributed by atoms with E-state index in [0.717, 1.165) is 6.42 Å². The molecule has 1 heterocycles. The number of rotatable bonds is 2. The van der Waals surface area contributed by atoms with E-state index in [0.29, 0.717) is 11.3 Å². The average molecular weight is 302 g/mol. The van der Waals surface area contributed by atoms with Gasteiger partial charge in [0.05, 0.1) is 17.5 Å². The van der Waals surface area contributed by atoms with Gasteiger partial charge in [0.2, 0.25) is 11.8 Å². The molecule has 2 aliphatic carbocycles. The van der Waals surface area contributed by atoms with Gasteiger partial charge in [0.25, 0.3) is 5.24 Å². The quantitative estimate of drug-likeness (QED) is 0.479. The minimum Gasteiger partial charge on any atom is -0.276 e. The summed E-state index contributed by atoms with van der Waals surface area (Å²) in [5.41, 5.74) is 0.863. The molecule has 1 saturated carbocycles. The lowest BCUT2D eigenvalue weighted by Gasteiger charge is -2.17. The minimum atomic E-state index is -0.556. The number of fused-ring (bicyclic) bond motifs is 5. The molecule has 0 radical (unpaired) electrons. The number of halogens is 1. The van der Waals surface area contributed by atoms with Gasteiger partial charge < -0.3 is 0 Å².